The van der Waals surface area contributed by atoms with E-state index in [1.54, 1.807) is 0 Å². The van der Waals surface area contributed by atoms with Crippen LogP contribution in [-0.4, -0.2) is 16.1 Å². The summed E-state index contributed by atoms with van der Waals surface area (Å²) in [5.41, 5.74) is 5.14. The number of benzene rings is 1. The average Bonchev–Trinajstić information content (AvgIpc) is 3.00. The standard InChI is InChI=1S/C15H19N3/c1-11-5-6-13(8-12(11)2)18-10-16-9-15(18)14-4-3-7-17-14/h5-6,8-10,14,17H,3-4,7H2,1-2H3/t14-/m0/s1. The van der Waals surface area contributed by atoms with E-state index >= 15 is 0 Å². The van der Waals surface area contributed by atoms with Gasteiger partial charge in [-0.25, -0.2) is 4.98 Å². The molecule has 1 aromatic heterocycles. The molecule has 2 heterocycles. The number of aryl methyl sites for hydroxylation is 2. The number of nitrogens with zero attached hydrogens (tertiary/aromatic N) is 2. The molecular formula is C15H19N3. The molecule has 94 valence electrons. The van der Waals surface area contributed by atoms with Crippen LogP contribution in [0, 0.1) is 13.8 Å². The highest BCUT2D eigenvalue weighted by Crippen LogP contribution is 2.25. The predicted octanol–water partition coefficient (Wildman–Crippen LogP) is 2.91. The summed E-state index contributed by atoms with van der Waals surface area (Å²) in [5, 5.41) is 3.53. The molecule has 0 saturated carbocycles. The molecule has 1 atom stereocenters. The molecule has 18 heavy (non-hydrogen) atoms. The lowest BCUT2D eigenvalue weighted by atomic mass is 10.1. The monoisotopic (exact) mass is 241 g/mol. The van der Waals surface area contributed by atoms with Crippen molar-refractivity contribution in [3.63, 3.8) is 0 Å². The maximum absolute atomic E-state index is 4.32. The number of hydrogen-bond donors (Lipinski definition) is 1. The molecule has 0 radical (unpaired) electrons. The Labute approximate surface area is 108 Å². The molecule has 1 aliphatic heterocycles. The van der Waals surface area contributed by atoms with Crippen molar-refractivity contribution in [1.82, 2.24) is 14.9 Å². The summed E-state index contributed by atoms with van der Waals surface area (Å²) in [5.74, 6) is 0. The predicted molar refractivity (Wildman–Crippen MR) is 73.0 cm³/mol. The van der Waals surface area contributed by atoms with Crippen LogP contribution in [0.25, 0.3) is 5.69 Å². The summed E-state index contributed by atoms with van der Waals surface area (Å²) in [6, 6.07) is 7.03. The highest BCUT2D eigenvalue weighted by atomic mass is 15.1. The third kappa shape index (κ3) is 1.95. The second-order valence-corrected chi connectivity index (χ2v) is 5.11. The fraction of sp³-hybridized carbons (Fsp3) is 0.400. The fourth-order valence-electron chi connectivity index (χ4n) is 2.59. The molecule has 3 rings (SSSR count). The summed E-state index contributed by atoms with van der Waals surface area (Å²) >= 11 is 0. The molecule has 1 fully saturated rings. The molecule has 2 aromatic rings. The SMILES string of the molecule is Cc1ccc(-n2cncc2[C@@H]2CCCN2)cc1C. The minimum Gasteiger partial charge on any atom is -0.309 e. The van der Waals surface area contributed by atoms with Crippen LogP contribution in [0.2, 0.25) is 0 Å². The van der Waals surface area contributed by atoms with Crippen molar-refractivity contribution in [2.75, 3.05) is 6.54 Å². The molecular weight excluding hydrogens is 222 g/mol. The number of rotatable bonds is 2. The summed E-state index contributed by atoms with van der Waals surface area (Å²) in [6.07, 6.45) is 6.36. The van der Waals surface area contributed by atoms with E-state index in [0.717, 1.165) is 6.54 Å². The minimum absolute atomic E-state index is 0.453. The molecule has 0 bridgehead atoms. The Morgan fingerprint density at radius 3 is 2.89 bits per heavy atom. The smallest absolute Gasteiger partial charge is 0.0994 e. The van der Waals surface area contributed by atoms with Crippen LogP contribution in [-0.2, 0) is 0 Å². The first-order valence-corrected chi connectivity index (χ1v) is 6.59. The lowest BCUT2D eigenvalue weighted by Gasteiger charge is -2.14. The molecule has 0 amide bonds. The van der Waals surface area contributed by atoms with Gasteiger partial charge in [0.05, 0.1) is 18.2 Å². The van der Waals surface area contributed by atoms with Gasteiger partial charge in [0.1, 0.15) is 0 Å². The van der Waals surface area contributed by atoms with E-state index in [4.69, 9.17) is 0 Å². The number of nitrogens with one attached hydrogen (secondary N) is 1. The first-order chi connectivity index (χ1) is 8.75. The lowest BCUT2D eigenvalue weighted by Crippen LogP contribution is -2.16. The quantitative estimate of drug-likeness (QED) is 0.876. The van der Waals surface area contributed by atoms with Crippen LogP contribution in [0.15, 0.2) is 30.7 Å². The third-order valence-electron chi connectivity index (χ3n) is 3.85. The van der Waals surface area contributed by atoms with Gasteiger partial charge in [-0.3, -0.25) is 0 Å². The van der Waals surface area contributed by atoms with Crippen molar-refractivity contribution >= 4 is 0 Å². The van der Waals surface area contributed by atoms with Crippen LogP contribution in [0.4, 0.5) is 0 Å². The molecule has 3 heteroatoms. The van der Waals surface area contributed by atoms with E-state index in [9.17, 15) is 0 Å². The average molecular weight is 241 g/mol. The Morgan fingerprint density at radius 1 is 1.28 bits per heavy atom. The maximum atomic E-state index is 4.32. The molecule has 0 aliphatic carbocycles. The Bertz CT molecular complexity index is 551. The Hall–Kier alpha value is -1.61. The molecule has 1 aliphatic rings. The second kappa shape index (κ2) is 4.58. The number of imidazole rings is 1. The molecule has 3 nitrogen and oxygen atoms in total. The summed E-state index contributed by atoms with van der Waals surface area (Å²) in [7, 11) is 0. The van der Waals surface area contributed by atoms with Crippen LogP contribution < -0.4 is 5.32 Å². The molecule has 1 N–H and O–H groups in total. The van der Waals surface area contributed by atoms with Gasteiger partial charge < -0.3 is 9.88 Å². The Morgan fingerprint density at radius 2 is 2.17 bits per heavy atom. The van der Waals surface area contributed by atoms with Crippen molar-refractivity contribution in [1.29, 1.82) is 0 Å². The van der Waals surface area contributed by atoms with E-state index in [0.29, 0.717) is 6.04 Å². The van der Waals surface area contributed by atoms with Gasteiger partial charge in [0.25, 0.3) is 0 Å². The van der Waals surface area contributed by atoms with Crippen molar-refractivity contribution in [2.45, 2.75) is 32.7 Å². The van der Waals surface area contributed by atoms with Gasteiger partial charge in [0, 0.05) is 11.7 Å². The molecule has 1 aromatic carbocycles. The summed E-state index contributed by atoms with van der Waals surface area (Å²) < 4.78 is 2.20. The normalized spacial score (nSPS) is 19.3. The molecule has 0 unspecified atom stereocenters. The number of hydrogen-bond acceptors (Lipinski definition) is 2. The van der Waals surface area contributed by atoms with Crippen molar-refractivity contribution in [3.8, 4) is 5.69 Å². The van der Waals surface area contributed by atoms with Gasteiger partial charge in [0.2, 0.25) is 0 Å². The topological polar surface area (TPSA) is 29.9 Å². The minimum atomic E-state index is 0.453. The van der Waals surface area contributed by atoms with Crippen molar-refractivity contribution < 1.29 is 0 Å². The zero-order valence-corrected chi connectivity index (χ0v) is 11.0. The van der Waals surface area contributed by atoms with E-state index in [1.807, 2.05) is 12.5 Å². The molecule has 1 saturated heterocycles. The fourth-order valence-corrected chi connectivity index (χ4v) is 2.59. The first kappa shape index (κ1) is 11.5. The van der Waals surface area contributed by atoms with Crippen LogP contribution >= 0.6 is 0 Å². The summed E-state index contributed by atoms with van der Waals surface area (Å²) in [6.45, 7) is 5.42. The Kier molecular flexibility index (Phi) is 2.92. The zero-order chi connectivity index (χ0) is 12.5. The van der Waals surface area contributed by atoms with Crippen LogP contribution in [0.5, 0.6) is 0 Å². The van der Waals surface area contributed by atoms with E-state index in [1.165, 1.54) is 35.3 Å². The van der Waals surface area contributed by atoms with Gasteiger partial charge in [-0.05, 0) is 56.5 Å². The Balaban J connectivity index is 2.00. The second-order valence-electron chi connectivity index (χ2n) is 5.11. The van der Waals surface area contributed by atoms with E-state index < -0.39 is 0 Å². The lowest BCUT2D eigenvalue weighted by molar-refractivity contribution is 0.615. The highest BCUT2D eigenvalue weighted by molar-refractivity contribution is 5.41. The largest absolute Gasteiger partial charge is 0.309 e. The van der Waals surface area contributed by atoms with Crippen molar-refractivity contribution in [2.24, 2.45) is 0 Å². The van der Waals surface area contributed by atoms with Gasteiger partial charge in [-0.1, -0.05) is 6.07 Å². The van der Waals surface area contributed by atoms with Gasteiger partial charge in [-0.15, -0.1) is 0 Å². The van der Waals surface area contributed by atoms with E-state index in [2.05, 4.69) is 46.9 Å². The van der Waals surface area contributed by atoms with Gasteiger partial charge in [0.15, 0.2) is 0 Å². The van der Waals surface area contributed by atoms with Gasteiger partial charge in [-0.2, -0.15) is 0 Å². The summed E-state index contributed by atoms with van der Waals surface area (Å²) in [4.78, 5) is 4.32. The number of aromatic nitrogens is 2. The van der Waals surface area contributed by atoms with Gasteiger partial charge >= 0.3 is 0 Å². The first-order valence-electron chi connectivity index (χ1n) is 6.59. The van der Waals surface area contributed by atoms with Crippen LogP contribution in [0.1, 0.15) is 35.7 Å². The third-order valence-corrected chi connectivity index (χ3v) is 3.85. The molecule has 0 spiro atoms. The maximum Gasteiger partial charge on any atom is 0.0994 e. The highest BCUT2D eigenvalue weighted by Gasteiger charge is 2.20. The van der Waals surface area contributed by atoms with Crippen molar-refractivity contribution in [3.05, 3.63) is 47.5 Å². The van der Waals surface area contributed by atoms with E-state index in [-0.39, 0.29) is 0 Å². The zero-order valence-electron chi connectivity index (χ0n) is 11.0. The van der Waals surface area contributed by atoms with Crippen LogP contribution in [0.3, 0.4) is 0 Å².